The van der Waals surface area contributed by atoms with Crippen molar-refractivity contribution < 1.29 is 33.0 Å². The molecule has 0 radical (unpaired) electrons. The number of imide groups is 2. The van der Waals surface area contributed by atoms with Gasteiger partial charge in [0.05, 0.1) is 12.3 Å². The third kappa shape index (κ3) is 3.38. The molecule has 1 saturated heterocycles. The van der Waals surface area contributed by atoms with Crippen LogP contribution in [-0.4, -0.2) is 31.2 Å². The zero-order valence-electron chi connectivity index (χ0n) is 15.2. The summed E-state index contributed by atoms with van der Waals surface area (Å²) in [4.78, 5) is 38.2. The lowest BCUT2D eigenvalue weighted by molar-refractivity contribution is -0.122. The van der Waals surface area contributed by atoms with Crippen LogP contribution in [0.1, 0.15) is 12.5 Å². The first-order valence-corrected chi connectivity index (χ1v) is 8.71. The van der Waals surface area contributed by atoms with Crippen molar-refractivity contribution in [3.8, 4) is 17.2 Å². The molecule has 1 N–H and O–H groups in total. The molecule has 2 heterocycles. The third-order valence-electron chi connectivity index (χ3n) is 4.29. The maximum Gasteiger partial charge on any atom is 0.335 e. The van der Waals surface area contributed by atoms with E-state index in [-0.39, 0.29) is 18.1 Å². The highest BCUT2D eigenvalue weighted by Crippen LogP contribution is 2.39. The molecule has 148 valence electrons. The number of hydrogen-bond acceptors (Lipinski definition) is 6. The molecule has 4 amide bonds. The monoisotopic (exact) mass is 398 g/mol. The van der Waals surface area contributed by atoms with E-state index in [1.54, 1.807) is 19.1 Å². The summed E-state index contributed by atoms with van der Waals surface area (Å²) in [6, 6.07) is 7.03. The Kier molecular flexibility index (Phi) is 4.63. The second-order valence-electron chi connectivity index (χ2n) is 6.11. The Morgan fingerprint density at radius 3 is 2.52 bits per heavy atom. The number of nitrogens with zero attached hydrogens (tertiary/aromatic N) is 1. The van der Waals surface area contributed by atoms with Crippen molar-refractivity contribution in [2.75, 3.05) is 18.3 Å². The first-order valence-electron chi connectivity index (χ1n) is 8.71. The van der Waals surface area contributed by atoms with Gasteiger partial charge in [0, 0.05) is 11.6 Å². The lowest BCUT2D eigenvalue weighted by atomic mass is 10.1. The lowest BCUT2D eigenvalue weighted by Gasteiger charge is -2.26. The van der Waals surface area contributed by atoms with Crippen LogP contribution in [0.4, 0.5) is 14.9 Å². The van der Waals surface area contributed by atoms with Gasteiger partial charge in [-0.2, -0.15) is 0 Å². The molecule has 8 nitrogen and oxygen atoms in total. The number of barbiturate groups is 1. The van der Waals surface area contributed by atoms with Gasteiger partial charge in [0.25, 0.3) is 11.8 Å². The van der Waals surface area contributed by atoms with Crippen LogP contribution in [0, 0.1) is 5.82 Å². The molecule has 1 fully saturated rings. The van der Waals surface area contributed by atoms with Crippen molar-refractivity contribution in [3.05, 3.63) is 53.4 Å². The minimum Gasteiger partial charge on any atom is -0.493 e. The molecule has 4 rings (SSSR count). The number of nitrogens with one attached hydrogen (secondary N) is 1. The van der Waals surface area contributed by atoms with Gasteiger partial charge in [-0.3, -0.25) is 14.9 Å². The van der Waals surface area contributed by atoms with Crippen LogP contribution >= 0.6 is 0 Å². The number of benzene rings is 2. The van der Waals surface area contributed by atoms with Crippen LogP contribution in [0.3, 0.4) is 0 Å². The highest BCUT2D eigenvalue weighted by Gasteiger charge is 2.37. The standard InChI is InChI=1S/C20H15FN2O6/c1-2-27-15-9-17-16(28-10-29-17)8-11(15)7-14-18(24)22-20(26)23(19(14)25)13-5-3-12(21)4-6-13/h3-9H,2,10H2,1H3,(H,22,24,26)/b14-7+. The predicted octanol–water partition coefficient (Wildman–Crippen LogP) is 2.62. The smallest absolute Gasteiger partial charge is 0.335 e. The minimum absolute atomic E-state index is 0.0488. The fourth-order valence-corrected chi connectivity index (χ4v) is 2.97. The summed E-state index contributed by atoms with van der Waals surface area (Å²) in [6.45, 7) is 2.18. The number of amides is 4. The second kappa shape index (κ2) is 7.27. The van der Waals surface area contributed by atoms with Crippen molar-refractivity contribution in [3.63, 3.8) is 0 Å². The highest BCUT2D eigenvalue weighted by molar-refractivity contribution is 6.39. The van der Waals surface area contributed by atoms with E-state index in [1.165, 1.54) is 18.2 Å². The molecule has 2 aromatic carbocycles. The van der Waals surface area contributed by atoms with E-state index in [0.29, 0.717) is 29.4 Å². The molecule has 0 aliphatic carbocycles. The fourth-order valence-electron chi connectivity index (χ4n) is 2.97. The van der Waals surface area contributed by atoms with E-state index >= 15 is 0 Å². The molecule has 2 aliphatic rings. The van der Waals surface area contributed by atoms with Crippen LogP contribution < -0.4 is 24.4 Å². The maximum atomic E-state index is 13.2. The van der Waals surface area contributed by atoms with Crippen LogP contribution in [0.5, 0.6) is 17.2 Å². The van der Waals surface area contributed by atoms with Crippen LogP contribution in [-0.2, 0) is 9.59 Å². The van der Waals surface area contributed by atoms with Gasteiger partial charge in [0.1, 0.15) is 17.1 Å². The number of carbonyl (C=O) groups is 3. The first kappa shape index (κ1) is 18.5. The zero-order chi connectivity index (χ0) is 20.5. The number of carbonyl (C=O) groups excluding carboxylic acids is 3. The largest absolute Gasteiger partial charge is 0.493 e. The summed E-state index contributed by atoms with van der Waals surface area (Å²) in [5.74, 6) is -0.903. The molecule has 0 atom stereocenters. The molecular formula is C20H15FN2O6. The fraction of sp³-hybridized carbons (Fsp3) is 0.150. The maximum absolute atomic E-state index is 13.2. The molecule has 0 spiro atoms. The Morgan fingerprint density at radius 1 is 1.14 bits per heavy atom. The first-order chi connectivity index (χ1) is 14.0. The van der Waals surface area contributed by atoms with Gasteiger partial charge in [-0.05, 0) is 43.3 Å². The number of hydrogen-bond donors (Lipinski definition) is 1. The number of anilines is 1. The predicted molar refractivity (Wildman–Crippen MR) is 99.1 cm³/mol. The number of rotatable bonds is 4. The molecule has 2 aromatic rings. The molecule has 0 bridgehead atoms. The van der Waals surface area contributed by atoms with Crippen LogP contribution in [0.2, 0.25) is 0 Å². The van der Waals surface area contributed by atoms with Crippen LogP contribution in [0.25, 0.3) is 6.08 Å². The second-order valence-corrected chi connectivity index (χ2v) is 6.11. The molecule has 0 aromatic heterocycles. The van der Waals surface area contributed by atoms with Crippen molar-refractivity contribution in [2.24, 2.45) is 0 Å². The molecule has 2 aliphatic heterocycles. The Labute approximate surface area is 164 Å². The number of ether oxygens (including phenoxy) is 3. The van der Waals surface area contributed by atoms with Crippen molar-refractivity contribution in [1.82, 2.24) is 5.32 Å². The van der Waals surface area contributed by atoms with Gasteiger partial charge in [-0.1, -0.05) is 0 Å². The van der Waals surface area contributed by atoms with E-state index < -0.39 is 23.7 Å². The van der Waals surface area contributed by atoms with E-state index in [4.69, 9.17) is 14.2 Å². The van der Waals surface area contributed by atoms with Gasteiger partial charge in [0.15, 0.2) is 11.5 Å². The summed E-state index contributed by atoms with van der Waals surface area (Å²) >= 11 is 0. The molecule has 29 heavy (non-hydrogen) atoms. The Hall–Kier alpha value is -3.88. The van der Waals surface area contributed by atoms with E-state index in [0.717, 1.165) is 17.0 Å². The van der Waals surface area contributed by atoms with Gasteiger partial charge >= 0.3 is 6.03 Å². The van der Waals surface area contributed by atoms with E-state index in [1.807, 2.05) is 0 Å². The molecule has 9 heteroatoms. The summed E-state index contributed by atoms with van der Waals surface area (Å²) in [5.41, 5.74) is 0.250. The van der Waals surface area contributed by atoms with Gasteiger partial charge < -0.3 is 14.2 Å². The Morgan fingerprint density at radius 2 is 1.83 bits per heavy atom. The highest BCUT2D eigenvalue weighted by atomic mass is 19.1. The zero-order valence-corrected chi connectivity index (χ0v) is 15.2. The summed E-state index contributed by atoms with van der Waals surface area (Å²) in [5, 5.41) is 2.12. The average Bonchev–Trinajstić information content (AvgIpc) is 3.14. The SMILES string of the molecule is CCOc1cc2c(cc1/C=C1\C(=O)NC(=O)N(c3ccc(F)cc3)C1=O)OCO2. The molecule has 0 saturated carbocycles. The third-order valence-corrected chi connectivity index (χ3v) is 4.29. The summed E-state index contributed by atoms with van der Waals surface area (Å²) < 4.78 is 29.4. The quantitative estimate of drug-likeness (QED) is 0.629. The van der Waals surface area contributed by atoms with E-state index in [2.05, 4.69) is 5.32 Å². The lowest BCUT2D eigenvalue weighted by Crippen LogP contribution is -2.54. The summed E-state index contributed by atoms with van der Waals surface area (Å²) in [6.07, 6.45) is 1.31. The van der Waals surface area contributed by atoms with E-state index in [9.17, 15) is 18.8 Å². The summed E-state index contributed by atoms with van der Waals surface area (Å²) in [7, 11) is 0. The van der Waals surface area contributed by atoms with Crippen LogP contribution in [0.15, 0.2) is 42.0 Å². The van der Waals surface area contributed by atoms with Crippen molar-refractivity contribution in [2.45, 2.75) is 6.92 Å². The molecular weight excluding hydrogens is 383 g/mol. The van der Waals surface area contributed by atoms with Gasteiger partial charge in [-0.15, -0.1) is 0 Å². The topological polar surface area (TPSA) is 94.2 Å². The van der Waals surface area contributed by atoms with Gasteiger partial charge in [-0.25, -0.2) is 14.1 Å². The van der Waals surface area contributed by atoms with Gasteiger partial charge in [0.2, 0.25) is 6.79 Å². The van der Waals surface area contributed by atoms with Crippen molar-refractivity contribution in [1.29, 1.82) is 0 Å². The molecule has 0 unspecified atom stereocenters. The Balaban J connectivity index is 1.76. The Bertz CT molecular complexity index is 1050. The van der Waals surface area contributed by atoms with Crippen molar-refractivity contribution >= 4 is 29.6 Å². The minimum atomic E-state index is -0.917. The number of halogens is 1. The normalized spacial score (nSPS) is 17.0. The number of fused-ring (bicyclic) bond motifs is 1. The number of urea groups is 1. The average molecular weight is 398 g/mol.